The Bertz CT molecular complexity index is 399. The van der Waals surface area contributed by atoms with Gasteiger partial charge in [0.15, 0.2) is 0 Å². The summed E-state index contributed by atoms with van der Waals surface area (Å²) in [6.07, 6.45) is 2.26. The van der Waals surface area contributed by atoms with Gasteiger partial charge >= 0.3 is 0 Å². The normalized spacial score (nSPS) is 23.8. The van der Waals surface area contributed by atoms with E-state index >= 15 is 0 Å². The summed E-state index contributed by atoms with van der Waals surface area (Å²) in [7, 11) is 0. The molecular formula is C16H26N2O2. The van der Waals surface area contributed by atoms with Crippen molar-refractivity contribution >= 4 is 0 Å². The molecule has 1 heterocycles. The van der Waals surface area contributed by atoms with Crippen LogP contribution in [0.1, 0.15) is 38.3 Å². The molecule has 20 heavy (non-hydrogen) atoms. The van der Waals surface area contributed by atoms with Crippen molar-refractivity contribution in [2.75, 3.05) is 26.3 Å². The summed E-state index contributed by atoms with van der Waals surface area (Å²) in [5.74, 6) is 0.901. The van der Waals surface area contributed by atoms with Crippen molar-refractivity contribution in [1.29, 1.82) is 0 Å². The maximum absolute atomic E-state index is 5.89. The summed E-state index contributed by atoms with van der Waals surface area (Å²) >= 11 is 0. The van der Waals surface area contributed by atoms with E-state index in [-0.39, 0.29) is 11.6 Å². The van der Waals surface area contributed by atoms with Crippen LogP contribution in [0.25, 0.3) is 0 Å². The Kier molecular flexibility index (Phi) is 5.40. The lowest BCUT2D eigenvalue weighted by Crippen LogP contribution is -2.40. The lowest BCUT2D eigenvalue weighted by atomic mass is 10.0. The topological polar surface area (TPSA) is 56.5 Å². The lowest BCUT2D eigenvalue weighted by molar-refractivity contribution is 0.0189. The van der Waals surface area contributed by atoms with Crippen LogP contribution in [0, 0.1) is 0 Å². The molecule has 2 atom stereocenters. The zero-order chi connectivity index (χ0) is 14.4. The maximum atomic E-state index is 5.89. The average molecular weight is 278 g/mol. The Morgan fingerprint density at radius 1 is 1.40 bits per heavy atom. The Hall–Kier alpha value is -1.10. The number of hydrogen-bond acceptors (Lipinski definition) is 4. The molecule has 0 saturated carbocycles. The number of nitrogens with one attached hydrogen (secondary N) is 1. The lowest BCUT2D eigenvalue weighted by Gasteiger charge is -2.27. The fraction of sp³-hybridized carbons (Fsp3) is 0.625. The summed E-state index contributed by atoms with van der Waals surface area (Å²) in [4.78, 5) is 0. The molecule has 1 aromatic carbocycles. The first-order chi connectivity index (χ1) is 9.67. The van der Waals surface area contributed by atoms with Crippen molar-refractivity contribution in [1.82, 2.24) is 5.32 Å². The zero-order valence-corrected chi connectivity index (χ0v) is 12.5. The second-order valence-electron chi connectivity index (χ2n) is 5.57. The van der Waals surface area contributed by atoms with Gasteiger partial charge in [0.05, 0.1) is 12.2 Å². The van der Waals surface area contributed by atoms with Gasteiger partial charge in [-0.2, -0.15) is 0 Å². The molecule has 0 aliphatic carbocycles. The summed E-state index contributed by atoms with van der Waals surface area (Å²) in [5, 5.41) is 3.53. The second kappa shape index (κ2) is 7.07. The largest absolute Gasteiger partial charge is 0.494 e. The van der Waals surface area contributed by atoms with E-state index in [4.69, 9.17) is 15.2 Å². The van der Waals surface area contributed by atoms with Gasteiger partial charge in [-0.15, -0.1) is 0 Å². The zero-order valence-electron chi connectivity index (χ0n) is 12.5. The van der Waals surface area contributed by atoms with E-state index in [1.165, 1.54) is 5.56 Å². The molecule has 0 amide bonds. The van der Waals surface area contributed by atoms with Crippen molar-refractivity contribution in [3.05, 3.63) is 29.8 Å². The summed E-state index contributed by atoms with van der Waals surface area (Å²) in [6, 6.07) is 8.31. The van der Waals surface area contributed by atoms with Gasteiger partial charge in [0.2, 0.25) is 0 Å². The third-order valence-electron chi connectivity index (χ3n) is 3.85. The van der Waals surface area contributed by atoms with E-state index in [2.05, 4.69) is 24.4 Å². The monoisotopic (exact) mass is 278 g/mol. The molecule has 3 N–H and O–H groups in total. The minimum Gasteiger partial charge on any atom is -0.494 e. The summed E-state index contributed by atoms with van der Waals surface area (Å²) in [6.45, 7) is 7.12. The van der Waals surface area contributed by atoms with Crippen LogP contribution in [0.5, 0.6) is 5.75 Å². The molecule has 4 heteroatoms. The van der Waals surface area contributed by atoms with E-state index in [0.717, 1.165) is 31.7 Å². The minimum atomic E-state index is -0.0430. The molecule has 112 valence electrons. The van der Waals surface area contributed by atoms with Crippen LogP contribution in [-0.2, 0) is 4.74 Å². The van der Waals surface area contributed by atoms with Crippen LogP contribution >= 0.6 is 0 Å². The highest BCUT2D eigenvalue weighted by molar-refractivity contribution is 5.29. The smallest absolute Gasteiger partial charge is 0.119 e. The molecule has 1 saturated heterocycles. The van der Waals surface area contributed by atoms with Gasteiger partial charge in [-0.3, -0.25) is 0 Å². The number of ether oxygens (including phenoxy) is 2. The molecule has 4 nitrogen and oxygen atoms in total. The highest BCUT2D eigenvalue weighted by Crippen LogP contribution is 2.25. The van der Waals surface area contributed by atoms with Gasteiger partial charge in [0, 0.05) is 25.7 Å². The van der Waals surface area contributed by atoms with Crippen LogP contribution in [0.2, 0.25) is 0 Å². The molecule has 1 aliphatic rings. The Balaban J connectivity index is 1.93. The van der Waals surface area contributed by atoms with Crippen molar-refractivity contribution in [2.45, 2.75) is 38.3 Å². The third-order valence-corrected chi connectivity index (χ3v) is 3.85. The van der Waals surface area contributed by atoms with Crippen LogP contribution in [-0.4, -0.2) is 31.9 Å². The highest BCUT2D eigenvalue weighted by atomic mass is 16.5. The standard InChI is InChI=1S/C16H26N2O2/c1-3-19-14-7-5-13(6-8-14)15(11-17)18-12-16(2)9-4-10-20-16/h5-8,15,18H,3-4,9-12,17H2,1-2H3. The van der Waals surface area contributed by atoms with E-state index in [1.54, 1.807) is 0 Å². The first-order valence-electron chi connectivity index (χ1n) is 7.47. The predicted octanol–water partition coefficient (Wildman–Crippen LogP) is 2.24. The molecular weight excluding hydrogens is 252 g/mol. The van der Waals surface area contributed by atoms with Gasteiger partial charge < -0.3 is 20.5 Å². The number of nitrogens with two attached hydrogens (primary N) is 1. The Labute approximate surface area is 121 Å². The fourth-order valence-corrected chi connectivity index (χ4v) is 2.62. The van der Waals surface area contributed by atoms with Gasteiger partial charge in [0.1, 0.15) is 5.75 Å². The van der Waals surface area contributed by atoms with E-state index in [9.17, 15) is 0 Å². The first kappa shape index (κ1) is 15.3. The molecule has 0 bridgehead atoms. The molecule has 2 rings (SSSR count). The first-order valence-corrected chi connectivity index (χ1v) is 7.47. The Morgan fingerprint density at radius 3 is 2.70 bits per heavy atom. The van der Waals surface area contributed by atoms with Gasteiger partial charge in [0.25, 0.3) is 0 Å². The highest BCUT2D eigenvalue weighted by Gasteiger charge is 2.30. The van der Waals surface area contributed by atoms with Gasteiger partial charge in [-0.05, 0) is 44.4 Å². The molecule has 0 aromatic heterocycles. The van der Waals surface area contributed by atoms with Crippen LogP contribution in [0.15, 0.2) is 24.3 Å². The van der Waals surface area contributed by atoms with Crippen LogP contribution in [0.3, 0.4) is 0 Å². The van der Waals surface area contributed by atoms with Crippen LogP contribution in [0.4, 0.5) is 0 Å². The van der Waals surface area contributed by atoms with Crippen molar-refractivity contribution in [3.8, 4) is 5.75 Å². The number of benzene rings is 1. The number of rotatable bonds is 7. The Morgan fingerprint density at radius 2 is 2.15 bits per heavy atom. The van der Waals surface area contributed by atoms with Gasteiger partial charge in [-0.1, -0.05) is 12.1 Å². The molecule has 1 aliphatic heterocycles. The average Bonchev–Trinajstić information content (AvgIpc) is 2.89. The summed E-state index contributed by atoms with van der Waals surface area (Å²) < 4.78 is 11.3. The van der Waals surface area contributed by atoms with Crippen molar-refractivity contribution < 1.29 is 9.47 Å². The molecule has 0 spiro atoms. The van der Waals surface area contributed by atoms with E-state index in [1.807, 2.05) is 19.1 Å². The van der Waals surface area contributed by atoms with Crippen molar-refractivity contribution in [2.24, 2.45) is 5.73 Å². The fourth-order valence-electron chi connectivity index (χ4n) is 2.62. The van der Waals surface area contributed by atoms with Gasteiger partial charge in [-0.25, -0.2) is 0 Å². The molecule has 1 aromatic rings. The number of hydrogen-bond donors (Lipinski definition) is 2. The quantitative estimate of drug-likeness (QED) is 0.803. The SMILES string of the molecule is CCOc1ccc(C(CN)NCC2(C)CCCO2)cc1. The summed E-state index contributed by atoms with van der Waals surface area (Å²) in [5.41, 5.74) is 7.04. The second-order valence-corrected chi connectivity index (χ2v) is 5.57. The van der Waals surface area contributed by atoms with E-state index in [0.29, 0.717) is 13.2 Å². The minimum absolute atomic E-state index is 0.0430. The molecule has 1 fully saturated rings. The molecule has 2 unspecified atom stereocenters. The van der Waals surface area contributed by atoms with Crippen LogP contribution < -0.4 is 15.8 Å². The van der Waals surface area contributed by atoms with E-state index < -0.39 is 0 Å². The predicted molar refractivity (Wildman–Crippen MR) is 81.0 cm³/mol. The van der Waals surface area contributed by atoms with Crippen molar-refractivity contribution in [3.63, 3.8) is 0 Å². The third kappa shape index (κ3) is 3.95. The molecule has 0 radical (unpaired) electrons. The maximum Gasteiger partial charge on any atom is 0.119 e.